The lowest BCUT2D eigenvalue weighted by Crippen LogP contribution is -2.27. The summed E-state index contributed by atoms with van der Waals surface area (Å²) in [5.74, 6) is -0.360. The Bertz CT molecular complexity index is 748. The molecule has 0 bridgehead atoms. The topological polar surface area (TPSA) is 57.8 Å². The van der Waals surface area contributed by atoms with E-state index in [1.807, 2.05) is 55.1 Å². The van der Waals surface area contributed by atoms with Gasteiger partial charge in [-0.1, -0.05) is 31.2 Å². The Kier molecular flexibility index (Phi) is 5.37. The number of hydrogen-bond donors (Lipinski definition) is 1. The number of carbonyl (C=O) groups is 1. The van der Waals surface area contributed by atoms with Gasteiger partial charge >= 0.3 is 0 Å². The van der Waals surface area contributed by atoms with E-state index in [-0.39, 0.29) is 17.5 Å². The van der Waals surface area contributed by atoms with Crippen molar-refractivity contribution in [3.63, 3.8) is 0 Å². The summed E-state index contributed by atoms with van der Waals surface area (Å²) < 4.78 is 1.86. The third kappa shape index (κ3) is 4.10. The third-order valence-electron chi connectivity index (χ3n) is 3.88. The summed E-state index contributed by atoms with van der Waals surface area (Å²) in [6.45, 7) is 4.02. The minimum atomic E-state index is -0.360. The van der Waals surface area contributed by atoms with Crippen LogP contribution in [-0.2, 0) is 18.3 Å². The maximum absolute atomic E-state index is 12.3. The first-order chi connectivity index (χ1) is 11.0. The second-order valence-corrected chi connectivity index (χ2v) is 5.50. The van der Waals surface area contributed by atoms with Crippen LogP contribution in [0.5, 0.6) is 0 Å². The molecule has 1 N–H and O–H groups in total. The van der Waals surface area contributed by atoms with Crippen molar-refractivity contribution in [3.05, 3.63) is 65.0 Å². The molecule has 1 unspecified atom stereocenters. The molecule has 4 nitrogen and oxygen atoms in total. The van der Waals surface area contributed by atoms with E-state index in [9.17, 15) is 10.1 Å². The van der Waals surface area contributed by atoms with E-state index in [4.69, 9.17) is 0 Å². The number of nitriles is 1. The van der Waals surface area contributed by atoms with Crippen LogP contribution < -0.4 is 5.32 Å². The minimum Gasteiger partial charge on any atom is -0.351 e. The van der Waals surface area contributed by atoms with Crippen molar-refractivity contribution in [2.45, 2.75) is 26.3 Å². The van der Waals surface area contributed by atoms with Gasteiger partial charge in [0, 0.05) is 18.9 Å². The van der Waals surface area contributed by atoms with Crippen LogP contribution in [0, 0.1) is 11.3 Å². The molecule has 0 saturated heterocycles. The summed E-state index contributed by atoms with van der Waals surface area (Å²) in [5.41, 5.74) is 3.20. The molecule has 23 heavy (non-hydrogen) atoms. The van der Waals surface area contributed by atoms with Gasteiger partial charge in [-0.15, -0.1) is 0 Å². The lowest BCUT2D eigenvalue weighted by Gasteiger charge is -2.14. The van der Waals surface area contributed by atoms with Crippen LogP contribution in [0.1, 0.15) is 36.7 Å². The molecule has 1 aromatic carbocycles. The minimum absolute atomic E-state index is 0.101. The Hall–Kier alpha value is -2.80. The number of nitrogens with one attached hydrogen (secondary N) is 1. The lowest BCUT2D eigenvalue weighted by molar-refractivity contribution is -0.117. The number of aromatic nitrogens is 1. The highest BCUT2D eigenvalue weighted by molar-refractivity contribution is 6.01. The van der Waals surface area contributed by atoms with Crippen LogP contribution in [0.25, 0.3) is 6.08 Å². The van der Waals surface area contributed by atoms with Crippen LogP contribution in [0.2, 0.25) is 0 Å². The smallest absolute Gasteiger partial charge is 0.262 e. The first-order valence-corrected chi connectivity index (χ1v) is 7.68. The Balaban J connectivity index is 2.11. The molecule has 0 radical (unpaired) electrons. The van der Waals surface area contributed by atoms with Crippen molar-refractivity contribution in [2.75, 3.05) is 0 Å². The van der Waals surface area contributed by atoms with Crippen molar-refractivity contribution in [1.82, 2.24) is 9.88 Å². The summed E-state index contributed by atoms with van der Waals surface area (Å²) in [6.07, 6.45) is 4.46. The number of amides is 1. The Labute approximate surface area is 137 Å². The van der Waals surface area contributed by atoms with Crippen molar-refractivity contribution >= 4 is 12.0 Å². The predicted octanol–water partition coefficient (Wildman–Crippen LogP) is 3.37. The highest BCUT2D eigenvalue weighted by Gasteiger charge is 2.14. The fourth-order valence-corrected chi connectivity index (χ4v) is 2.32. The molecule has 2 aromatic rings. The van der Waals surface area contributed by atoms with Gasteiger partial charge in [0.25, 0.3) is 5.91 Å². The molecule has 1 atom stereocenters. The molecule has 4 heteroatoms. The molecule has 0 aliphatic rings. The van der Waals surface area contributed by atoms with Gasteiger partial charge in [0.15, 0.2) is 0 Å². The summed E-state index contributed by atoms with van der Waals surface area (Å²) in [4.78, 5) is 12.3. The molecule has 0 spiro atoms. The molecule has 2 rings (SSSR count). The molecule has 0 aliphatic heterocycles. The Morgan fingerprint density at radius 2 is 2.04 bits per heavy atom. The van der Waals surface area contributed by atoms with Gasteiger partial charge in [-0.3, -0.25) is 4.79 Å². The van der Waals surface area contributed by atoms with Gasteiger partial charge in [-0.05, 0) is 42.7 Å². The third-order valence-corrected chi connectivity index (χ3v) is 3.88. The second-order valence-electron chi connectivity index (χ2n) is 5.50. The molecule has 1 heterocycles. The van der Waals surface area contributed by atoms with Crippen LogP contribution in [0.3, 0.4) is 0 Å². The average Bonchev–Trinajstić information content (AvgIpc) is 2.97. The predicted molar refractivity (Wildman–Crippen MR) is 91.4 cm³/mol. The van der Waals surface area contributed by atoms with Gasteiger partial charge in [-0.25, -0.2) is 0 Å². The number of nitrogens with zero attached hydrogens (tertiary/aromatic N) is 2. The van der Waals surface area contributed by atoms with E-state index in [2.05, 4.69) is 24.4 Å². The molecule has 0 fully saturated rings. The Morgan fingerprint density at radius 3 is 2.57 bits per heavy atom. The van der Waals surface area contributed by atoms with Crippen molar-refractivity contribution < 1.29 is 4.79 Å². The molecule has 0 aliphatic carbocycles. The van der Waals surface area contributed by atoms with E-state index < -0.39 is 0 Å². The maximum Gasteiger partial charge on any atom is 0.262 e. The number of benzene rings is 1. The second kappa shape index (κ2) is 7.46. The summed E-state index contributed by atoms with van der Waals surface area (Å²) in [6, 6.07) is 13.7. The molecule has 0 saturated carbocycles. The molecule has 1 amide bonds. The highest BCUT2D eigenvalue weighted by atomic mass is 16.1. The van der Waals surface area contributed by atoms with Crippen LogP contribution in [0.15, 0.2) is 48.2 Å². The van der Waals surface area contributed by atoms with Crippen LogP contribution >= 0.6 is 0 Å². The quantitative estimate of drug-likeness (QED) is 0.680. The highest BCUT2D eigenvalue weighted by Crippen LogP contribution is 2.15. The van der Waals surface area contributed by atoms with Crippen LogP contribution in [0.4, 0.5) is 0 Å². The van der Waals surface area contributed by atoms with Gasteiger partial charge in [0.05, 0.1) is 6.04 Å². The largest absolute Gasteiger partial charge is 0.351 e. The maximum atomic E-state index is 12.3. The summed E-state index contributed by atoms with van der Waals surface area (Å²) in [7, 11) is 1.87. The number of aryl methyl sites for hydroxylation is 2. The zero-order valence-electron chi connectivity index (χ0n) is 13.7. The first kappa shape index (κ1) is 16.6. The summed E-state index contributed by atoms with van der Waals surface area (Å²) >= 11 is 0. The zero-order chi connectivity index (χ0) is 16.8. The Morgan fingerprint density at radius 1 is 1.35 bits per heavy atom. The summed E-state index contributed by atoms with van der Waals surface area (Å²) in [5, 5.41) is 12.1. The van der Waals surface area contributed by atoms with E-state index in [1.54, 1.807) is 6.08 Å². The van der Waals surface area contributed by atoms with Crippen LogP contribution in [-0.4, -0.2) is 10.5 Å². The number of rotatable bonds is 5. The average molecular weight is 307 g/mol. The standard InChI is InChI=1S/C19H21N3O/c1-4-15-7-9-16(10-8-15)14(2)21-19(23)17(13-20)12-18-6-5-11-22(18)3/h5-12,14H,4H2,1-3H3,(H,21,23). The van der Waals surface area contributed by atoms with Gasteiger partial charge in [0.1, 0.15) is 11.6 Å². The van der Waals surface area contributed by atoms with Gasteiger partial charge in [0.2, 0.25) is 0 Å². The zero-order valence-corrected chi connectivity index (χ0v) is 13.7. The first-order valence-electron chi connectivity index (χ1n) is 7.68. The van der Waals surface area contributed by atoms with Crippen molar-refractivity contribution in [2.24, 2.45) is 7.05 Å². The number of hydrogen-bond acceptors (Lipinski definition) is 2. The molecular formula is C19H21N3O. The molecule has 118 valence electrons. The molecular weight excluding hydrogens is 286 g/mol. The fourth-order valence-electron chi connectivity index (χ4n) is 2.32. The number of carbonyl (C=O) groups excluding carboxylic acids is 1. The van der Waals surface area contributed by atoms with Crippen molar-refractivity contribution in [1.29, 1.82) is 5.26 Å². The van der Waals surface area contributed by atoms with Gasteiger partial charge in [-0.2, -0.15) is 5.26 Å². The van der Waals surface area contributed by atoms with Gasteiger partial charge < -0.3 is 9.88 Å². The van der Waals surface area contributed by atoms with Crippen molar-refractivity contribution in [3.8, 4) is 6.07 Å². The van der Waals surface area contributed by atoms with E-state index in [1.165, 1.54) is 5.56 Å². The normalized spacial score (nSPS) is 12.5. The van der Waals surface area contributed by atoms with E-state index in [0.717, 1.165) is 17.7 Å². The van der Waals surface area contributed by atoms with E-state index >= 15 is 0 Å². The fraction of sp³-hybridized carbons (Fsp3) is 0.263. The molecule has 1 aromatic heterocycles. The monoisotopic (exact) mass is 307 g/mol. The lowest BCUT2D eigenvalue weighted by atomic mass is 10.0. The van der Waals surface area contributed by atoms with E-state index in [0.29, 0.717) is 0 Å². The SMILES string of the molecule is CCc1ccc(C(C)NC(=O)C(C#N)=Cc2cccn2C)cc1.